The van der Waals surface area contributed by atoms with Crippen LogP contribution in [0, 0.1) is 26.8 Å². The number of nitrogens with one attached hydrogen (secondary N) is 2. The summed E-state index contributed by atoms with van der Waals surface area (Å²) in [4.78, 5) is 11.9. The van der Waals surface area contributed by atoms with Gasteiger partial charge in [-0.25, -0.2) is 22.7 Å². The van der Waals surface area contributed by atoms with Crippen LogP contribution >= 0.6 is 22.6 Å². The van der Waals surface area contributed by atoms with Crippen LogP contribution in [0.5, 0.6) is 0 Å². The van der Waals surface area contributed by atoms with E-state index in [9.17, 15) is 30.8 Å². The van der Waals surface area contributed by atoms with Crippen LogP contribution in [-0.2, 0) is 16.6 Å². The molecule has 3 aromatic carbocycles. The van der Waals surface area contributed by atoms with Gasteiger partial charge >= 0.3 is 0 Å². The normalized spacial score (nSPS) is 11.3. The molecule has 3 rings (SSSR count). The van der Waals surface area contributed by atoms with Gasteiger partial charge in [0.1, 0.15) is 5.82 Å². The van der Waals surface area contributed by atoms with Gasteiger partial charge in [0.2, 0.25) is 0 Å². The van der Waals surface area contributed by atoms with Crippen molar-refractivity contribution in [1.29, 1.82) is 0 Å². The number of carbonyl (C=O) groups is 1. The van der Waals surface area contributed by atoms with Gasteiger partial charge < -0.3 is 11.1 Å². The highest BCUT2D eigenvalue weighted by Crippen LogP contribution is 2.32. The predicted octanol–water partition coefficient (Wildman–Crippen LogP) is 3.90. The van der Waals surface area contributed by atoms with E-state index in [2.05, 4.69) is 5.32 Å². The quantitative estimate of drug-likeness (QED) is 0.245. The average Bonchev–Trinajstić information content (AvgIpc) is 2.70. The lowest BCUT2D eigenvalue weighted by Crippen LogP contribution is -2.22. The molecule has 0 unspecified atom stereocenters. The van der Waals surface area contributed by atoms with E-state index in [1.807, 2.05) is 22.6 Å². The molecule has 0 spiro atoms. The molecule has 13 heteroatoms. The third-order valence-corrected chi connectivity index (χ3v) is 5.63. The van der Waals surface area contributed by atoms with E-state index in [4.69, 9.17) is 10.9 Å². The predicted molar refractivity (Wildman–Crippen MR) is 123 cm³/mol. The van der Waals surface area contributed by atoms with Crippen LogP contribution in [0.3, 0.4) is 0 Å². The maximum atomic E-state index is 14.9. The zero-order valence-electron chi connectivity index (χ0n) is 16.4. The largest absolute Gasteiger partial charge is 0.366 e. The van der Waals surface area contributed by atoms with Crippen molar-refractivity contribution in [2.45, 2.75) is 6.42 Å². The summed E-state index contributed by atoms with van der Waals surface area (Å²) in [5.41, 5.74) is 2.73. The topological polar surface area (TPSA) is 127 Å². The highest BCUT2D eigenvalue weighted by atomic mass is 127. The highest BCUT2D eigenvalue weighted by molar-refractivity contribution is 14.1. The van der Waals surface area contributed by atoms with Crippen molar-refractivity contribution in [3.05, 3.63) is 86.0 Å². The van der Waals surface area contributed by atoms with E-state index in [1.165, 1.54) is 24.3 Å². The van der Waals surface area contributed by atoms with E-state index in [0.717, 1.165) is 18.2 Å². The molecular formula is C20H15F4IN4O3S. The Morgan fingerprint density at radius 3 is 2.24 bits per heavy atom. The standard InChI is InChI=1S/C20H15F4IN4O3S/c21-13-8-11(25)4-5-14(13)28-19-12(20(26)30)7-10(17(23)18(19)24)6-9-2-1-3-15(16(9)22)29-33(27,31)32/h1-5,7-8,28-29H,6H2,(H2,26,30)(H2,27,31,32). The third-order valence-electron chi connectivity index (χ3n) is 4.45. The molecule has 0 saturated carbocycles. The number of hydrogen-bond donors (Lipinski definition) is 4. The van der Waals surface area contributed by atoms with E-state index in [1.54, 1.807) is 4.72 Å². The molecule has 0 heterocycles. The van der Waals surface area contributed by atoms with Crippen molar-refractivity contribution in [2.75, 3.05) is 10.0 Å². The molecule has 6 N–H and O–H groups in total. The molecule has 0 aromatic heterocycles. The van der Waals surface area contributed by atoms with E-state index >= 15 is 0 Å². The van der Waals surface area contributed by atoms with Crippen LogP contribution in [0.2, 0.25) is 0 Å². The summed E-state index contributed by atoms with van der Waals surface area (Å²) in [5.74, 6) is -5.96. The molecule has 0 bridgehead atoms. The van der Waals surface area contributed by atoms with E-state index in [-0.39, 0.29) is 11.3 Å². The zero-order valence-corrected chi connectivity index (χ0v) is 19.4. The van der Waals surface area contributed by atoms with Gasteiger partial charge in [-0.2, -0.15) is 8.42 Å². The second-order valence-electron chi connectivity index (χ2n) is 6.80. The Balaban J connectivity index is 2.05. The molecular weight excluding hydrogens is 579 g/mol. The van der Waals surface area contributed by atoms with Gasteiger partial charge in [0.25, 0.3) is 16.1 Å². The summed E-state index contributed by atoms with van der Waals surface area (Å²) in [6.07, 6.45) is -0.562. The number of primary amides is 1. The monoisotopic (exact) mass is 594 g/mol. The lowest BCUT2D eigenvalue weighted by molar-refractivity contribution is 0.100. The van der Waals surface area contributed by atoms with Gasteiger partial charge in [-0.1, -0.05) is 12.1 Å². The number of benzene rings is 3. The Kier molecular flexibility index (Phi) is 7.14. The lowest BCUT2D eigenvalue weighted by atomic mass is 9.99. The van der Waals surface area contributed by atoms with Crippen LogP contribution in [-0.4, -0.2) is 14.3 Å². The number of rotatable bonds is 7. The number of carbonyl (C=O) groups excluding carboxylic acids is 1. The Morgan fingerprint density at radius 2 is 1.64 bits per heavy atom. The summed E-state index contributed by atoms with van der Waals surface area (Å²) in [6.45, 7) is 0. The van der Waals surface area contributed by atoms with Crippen LogP contribution < -0.4 is 20.9 Å². The van der Waals surface area contributed by atoms with Gasteiger partial charge in [-0.15, -0.1) is 0 Å². The van der Waals surface area contributed by atoms with Gasteiger partial charge in [0, 0.05) is 9.99 Å². The molecule has 0 radical (unpaired) electrons. The number of amides is 1. The smallest absolute Gasteiger partial charge is 0.296 e. The second-order valence-corrected chi connectivity index (χ2v) is 9.34. The number of anilines is 3. The molecule has 7 nitrogen and oxygen atoms in total. The number of halogens is 5. The first-order valence-electron chi connectivity index (χ1n) is 8.98. The summed E-state index contributed by atoms with van der Waals surface area (Å²) in [7, 11) is -4.29. The van der Waals surface area contributed by atoms with Crippen molar-refractivity contribution in [1.82, 2.24) is 0 Å². The van der Waals surface area contributed by atoms with Crippen LogP contribution in [0.4, 0.5) is 34.6 Å². The summed E-state index contributed by atoms with van der Waals surface area (Å²) >= 11 is 1.86. The second kappa shape index (κ2) is 9.52. The Hall–Kier alpha value is -2.91. The Morgan fingerprint density at radius 1 is 0.939 bits per heavy atom. The van der Waals surface area contributed by atoms with Gasteiger partial charge in [-0.3, -0.25) is 9.52 Å². The van der Waals surface area contributed by atoms with Crippen molar-refractivity contribution in [3.63, 3.8) is 0 Å². The number of hydrogen-bond acceptors (Lipinski definition) is 4. The summed E-state index contributed by atoms with van der Waals surface area (Å²) in [5, 5.41) is 7.17. The van der Waals surface area contributed by atoms with E-state index < -0.39 is 68.3 Å². The van der Waals surface area contributed by atoms with Crippen LogP contribution in [0.1, 0.15) is 21.5 Å². The summed E-state index contributed by atoms with van der Waals surface area (Å²) in [6, 6.07) is 8.38. The molecule has 0 saturated heterocycles. The minimum atomic E-state index is -4.29. The Bertz CT molecular complexity index is 1370. The third kappa shape index (κ3) is 5.72. The first-order valence-corrected chi connectivity index (χ1v) is 11.6. The SMILES string of the molecule is NC(=O)c1cc(Cc2cccc(NS(N)(=O)=O)c2F)c(F)c(F)c1Nc1ccc(I)cc1F. The highest BCUT2D eigenvalue weighted by Gasteiger charge is 2.23. The average molecular weight is 594 g/mol. The summed E-state index contributed by atoms with van der Waals surface area (Å²) < 4.78 is 83.3. The molecule has 0 aliphatic rings. The first-order chi connectivity index (χ1) is 15.4. The lowest BCUT2D eigenvalue weighted by Gasteiger charge is -2.16. The molecule has 0 aliphatic heterocycles. The fourth-order valence-corrected chi connectivity index (χ4v) is 3.92. The first kappa shape index (κ1) is 24.7. The van der Waals surface area contributed by atoms with Crippen molar-refractivity contribution < 1.29 is 30.8 Å². The van der Waals surface area contributed by atoms with Gasteiger partial charge in [-0.05, 0) is 64.0 Å². The maximum absolute atomic E-state index is 14.9. The molecule has 174 valence electrons. The molecule has 0 aliphatic carbocycles. The van der Waals surface area contributed by atoms with Crippen LogP contribution in [0.15, 0.2) is 42.5 Å². The molecule has 0 fully saturated rings. The molecule has 33 heavy (non-hydrogen) atoms. The number of nitrogens with two attached hydrogens (primary N) is 2. The van der Waals surface area contributed by atoms with Crippen molar-refractivity contribution in [3.8, 4) is 0 Å². The minimum absolute atomic E-state index is 0.221. The van der Waals surface area contributed by atoms with Crippen molar-refractivity contribution in [2.24, 2.45) is 10.9 Å². The van der Waals surface area contributed by atoms with Crippen molar-refractivity contribution >= 4 is 55.8 Å². The maximum Gasteiger partial charge on any atom is 0.296 e. The fraction of sp³-hybridized carbons (Fsp3) is 0.0500. The zero-order chi connectivity index (χ0) is 24.5. The van der Waals surface area contributed by atoms with Crippen LogP contribution in [0.25, 0.3) is 0 Å². The molecule has 1 amide bonds. The molecule has 0 atom stereocenters. The Labute approximate surface area is 199 Å². The van der Waals surface area contributed by atoms with E-state index in [0.29, 0.717) is 3.57 Å². The fourth-order valence-electron chi connectivity index (χ4n) is 3.00. The van der Waals surface area contributed by atoms with Gasteiger partial charge in [0.05, 0.1) is 22.6 Å². The minimum Gasteiger partial charge on any atom is -0.366 e. The van der Waals surface area contributed by atoms with Gasteiger partial charge in [0.15, 0.2) is 17.5 Å². The molecule has 3 aromatic rings.